The van der Waals surface area contributed by atoms with E-state index in [0.717, 1.165) is 0 Å². The molecular formula is C11H5F18NaO3S. The number of hydrogen-bond acceptors (Lipinski definition) is 3. The summed E-state index contributed by atoms with van der Waals surface area (Å²) in [4.78, 5) is 0. The van der Waals surface area contributed by atoms with E-state index in [2.05, 4.69) is 0 Å². The average molecular weight is 582 g/mol. The molecule has 0 amide bonds. The first-order valence-electron chi connectivity index (χ1n) is 7.17. The van der Waals surface area contributed by atoms with E-state index in [0.29, 0.717) is 0 Å². The van der Waals surface area contributed by atoms with E-state index in [1.54, 1.807) is 0 Å². The first-order chi connectivity index (χ1) is 13.8. The van der Waals surface area contributed by atoms with Gasteiger partial charge in [-0.1, -0.05) is 6.92 Å². The van der Waals surface area contributed by atoms with Crippen LogP contribution in [0.1, 0.15) is 13.3 Å². The minimum atomic E-state index is -9.03. The molecule has 0 unspecified atom stereocenters. The molecule has 23 heteroatoms. The van der Waals surface area contributed by atoms with Crippen molar-refractivity contribution >= 4 is 10.1 Å². The number of alkyl halides is 18. The van der Waals surface area contributed by atoms with Crippen LogP contribution in [0.15, 0.2) is 0 Å². The van der Waals surface area contributed by atoms with Crippen LogP contribution < -0.4 is 29.6 Å². The third kappa shape index (κ3) is 4.25. The summed E-state index contributed by atoms with van der Waals surface area (Å²) >= 11 is 0. The first kappa shape index (κ1) is 35.8. The van der Waals surface area contributed by atoms with Crippen molar-refractivity contribution in [3.63, 3.8) is 0 Å². The normalized spacial score (nSPS) is 16.4. The Balaban J connectivity index is 0. The van der Waals surface area contributed by atoms with Gasteiger partial charge in [0.05, 0.1) is 0 Å². The molecule has 0 radical (unpaired) electrons. The van der Waals surface area contributed by atoms with Crippen LogP contribution in [0.2, 0.25) is 0 Å². The molecule has 0 aliphatic heterocycles. The maximum absolute atomic E-state index is 13.4. The zero-order valence-electron chi connectivity index (χ0n) is 15.6. The van der Waals surface area contributed by atoms with E-state index in [1.165, 1.54) is 0 Å². The molecule has 0 saturated heterocycles. The second-order valence-electron chi connectivity index (χ2n) is 6.05. The molecule has 0 spiro atoms. The minimum Gasteiger partial charge on any atom is -0.743 e. The van der Waals surface area contributed by atoms with Crippen LogP contribution in [0.4, 0.5) is 79.0 Å². The third-order valence-corrected chi connectivity index (χ3v) is 4.83. The summed E-state index contributed by atoms with van der Waals surface area (Å²) in [5.74, 6) is -67.1. The van der Waals surface area contributed by atoms with Gasteiger partial charge in [0.15, 0.2) is 10.1 Å². The number of halogens is 18. The standard InChI is InChI=1S/C11H6F18O3S.Na/c1-2-3(12,13)4(14,15)5(16,17)6(18,19)7(20,21)8(22,23)9(24,25)10(26,27)11(28,29)33(30,31)32;/h2H2,1H3,(H,30,31,32);/q;+1/p-1. The van der Waals surface area contributed by atoms with E-state index in [1.807, 2.05) is 0 Å². The van der Waals surface area contributed by atoms with Gasteiger partial charge < -0.3 is 4.55 Å². The summed E-state index contributed by atoms with van der Waals surface area (Å²) in [6.45, 7) is -0.172. The molecule has 200 valence electrons. The van der Waals surface area contributed by atoms with Crippen LogP contribution in [0.3, 0.4) is 0 Å². The van der Waals surface area contributed by atoms with E-state index in [-0.39, 0.29) is 36.5 Å². The van der Waals surface area contributed by atoms with Gasteiger partial charge in [0.1, 0.15) is 0 Å². The van der Waals surface area contributed by atoms with E-state index in [9.17, 15) is 92.0 Å². The molecule has 0 atom stereocenters. The van der Waals surface area contributed by atoms with Crippen molar-refractivity contribution in [2.45, 2.75) is 66.0 Å². The first-order valence-corrected chi connectivity index (χ1v) is 8.57. The molecule has 0 N–H and O–H groups in total. The van der Waals surface area contributed by atoms with E-state index >= 15 is 0 Å². The van der Waals surface area contributed by atoms with Gasteiger partial charge in [0.2, 0.25) is 0 Å². The van der Waals surface area contributed by atoms with Gasteiger partial charge in [0, 0.05) is 6.42 Å². The minimum absolute atomic E-state index is 0. The summed E-state index contributed by atoms with van der Waals surface area (Å²) in [5.41, 5.74) is 0. The summed E-state index contributed by atoms with van der Waals surface area (Å²) < 4.78 is 267. The Hall–Kier alpha value is -0.350. The smallest absolute Gasteiger partial charge is 0.743 e. The molecule has 0 aliphatic rings. The Morgan fingerprint density at radius 1 is 0.500 bits per heavy atom. The maximum Gasteiger partial charge on any atom is 1.00 e. The Morgan fingerprint density at radius 2 is 0.706 bits per heavy atom. The van der Waals surface area contributed by atoms with Crippen LogP contribution in [-0.4, -0.2) is 65.6 Å². The van der Waals surface area contributed by atoms with Crippen molar-refractivity contribution in [1.29, 1.82) is 0 Å². The van der Waals surface area contributed by atoms with Crippen molar-refractivity contribution < 1.29 is 122 Å². The third-order valence-electron chi connectivity index (χ3n) is 3.95. The maximum atomic E-state index is 13.4. The van der Waals surface area contributed by atoms with E-state index < -0.39 is 69.2 Å². The second kappa shape index (κ2) is 8.89. The van der Waals surface area contributed by atoms with Gasteiger partial charge >= 0.3 is 82.2 Å². The van der Waals surface area contributed by atoms with Gasteiger partial charge in [-0.2, -0.15) is 79.0 Å². The molecule has 0 saturated carbocycles. The van der Waals surface area contributed by atoms with Gasteiger partial charge in [-0.3, -0.25) is 0 Å². The topological polar surface area (TPSA) is 57.2 Å². The predicted molar refractivity (Wildman–Crippen MR) is 64.5 cm³/mol. The fourth-order valence-electron chi connectivity index (χ4n) is 1.78. The molecular weight excluding hydrogens is 577 g/mol. The van der Waals surface area contributed by atoms with Crippen LogP contribution in [0, 0.1) is 0 Å². The SMILES string of the molecule is CCC(F)(F)C(F)(F)C(F)(F)C(F)(F)C(F)(F)C(F)(F)C(F)(F)C(F)(F)C(F)(F)S(=O)(=O)[O-].[Na+]. The largest absolute Gasteiger partial charge is 1.00 e. The molecule has 0 aromatic carbocycles. The van der Waals surface area contributed by atoms with Gasteiger partial charge in [-0.05, 0) is 0 Å². The van der Waals surface area contributed by atoms with Crippen molar-refractivity contribution in [2.75, 3.05) is 0 Å². The fourth-order valence-corrected chi connectivity index (χ4v) is 2.22. The molecule has 0 aromatic rings. The molecule has 34 heavy (non-hydrogen) atoms. The van der Waals surface area contributed by atoms with Crippen LogP contribution in [-0.2, 0) is 10.1 Å². The summed E-state index contributed by atoms with van der Waals surface area (Å²) in [7, 11) is -8.21. The molecule has 3 nitrogen and oxygen atoms in total. The van der Waals surface area contributed by atoms with Crippen molar-refractivity contribution in [1.82, 2.24) is 0 Å². The Kier molecular flexibility index (Phi) is 9.36. The average Bonchev–Trinajstić information content (AvgIpc) is 2.59. The zero-order chi connectivity index (χ0) is 27.7. The summed E-state index contributed by atoms with van der Waals surface area (Å²) in [5, 5.41) is -8.01. The van der Waals surface area contributed by atoms with Gasteiger partial charge in [-0.15, -0.1) is 0 Å². The predicted octanol–water partition coefficient (Wildman–Crippen LogP) is 2.62. The fraction of sp³-hybridized carbons (Fsp3) is 1.00. The summed E-state index contributed by atoms with van der Waals surface area (Å²) in [6.07, 6.45) is -2.60. The number of rotatable bonds is 10. The van der Waals surface area contributed by atoms with Gasteiger partial charge in [0.25, 0.3) is 0 Å². The Morgan fingerprint density at radius 3 is 0.912 bits per heavy atom. The molecule has 0 fully saturated rings. The number of hydrogen-bond donors (Lipinski definition) is 0. The monoisotopic (exact) mass is 582 g/mol. The molecule has 0 aromatic heterocycles. The Bertz CT molecular complexity index is 851. The quantitative estimate of drug-likeness (QED) is 0.226. The van der Waals surface area contributed by atoms with Gasteiger partial charge in [-0.25, -0.2) is 8.42 Å². The van der Waals surface area contributed by atoms with Crippen molar-refractivity contribution in [2.24, 2.45) is 0 Å². The molecule has 0 rings (SSSR count). The van der Waals surface area contributed by atoms with Crippen molar-refractivity contribution in [3.8, 4) is 0 Å². The van der Waals surface area contributed by atoms with E-state index in [4.69, 9.17) is 0 Å². The van der Waals surface area contributed by atoms with Crippen LogP contribution in [0.25, 0.3) is 0 Å². The van der Waals surface area contributed by atoms with Crippen LogP contribution >= 0.6 is 0 Å². The summed E-state index contributed by atoms with van der Waals surface area (Å²) in [6, 6.07) is 0. The van der Waals surface area contributed by atoms with Crippen LogP contribution in [0.5, 0.6) is 0 Å². The molecule has 0 heterocycles. The molecule has 0 bridgehead atoms. The zero-order valence-corrected chi connectivity index (χ0v) is 18.5. The Labute approximate surface area is 197 Å². The molecule has 0 aliphatic carbocycles. The second-order valence-corrected chi connectivity index (χ2v) is 7.47. The van der Waals surface area contributed by atoms with Crippen molar-refractivity contribution in [3.05, 3.63) is 0 Å².